The Hall–Kier alpha value is 0.170. The number of nitrogens with zero attached hydrogens (tertiary/aromatic N) is 1. The minimum absolute atomic E-state index is 0.128. The van der Waals surface area contributed by atoms with Gasteiger partial charge in [0.05, 0.1) is 0 Å². The smallest absolute Gasteiger partial charge is 0.158 e. The Morgan fingerprint density at radius 3 is 2.14 bits per heavy atom. The first-order valence-electron chi connectivity index (χ1n) is 5.28. The lowest BCUT2D eigenvalue weighted by Crippen LogP contribution is -2.36. The van der Waals surface area contributed by atoms with Crippen molar-refractivity contribution >= 4 is 11.6 Å². The molecule has 3 atom stereocenters. The normalized spacial score (nSPS) is 24.9. The van der Waals surface area contributed by atoms with E-state index in [1.807, 2.05) is 6.92 Å². The van der Waals surface area contributed by atoms with Gasteiger partial charge in [-0.2, -0.15) is 0 Å². The molecule has 1 heterocycles. The summed E-state index contributed by atoms with van der Waals surface area (Å²) in [5.74, 6) is 0. The second kappa shape index (κ2) is 5.91. The highest BCUT2D eigenvalue weighted by Gasteiger charge is 2.20. The molecule has 3 nitrogen and oxygen atoms in total. The largest absolute Gasteiger partial charge is 0.335 e. The van der Waals surface area contributed by atoms with Crippen molar-refractivity contribution in [3.63, 3.8) is 0 Å². The summed E-state index contributed by atoms with van der Waals surface area (Å²) in [4.78, 5) is 2.32. The summed E-state index contributed by atoms with van der Waals surface area (Å²) < 4.78 is 11.0. The van der Waals surface area contributed by atoms with E-state index in [2.05, 4.69) is 11.8 Å². The van der Waals surface area contributed by atoms with Crippen LogP contribution in [0.2, 0.25) is 0 Å². The molecule has 0 saturated carbocycles. The predicted octanol–water partition coefficient (Wildman–Crippen LogP) is 2.39. The summed E-state index contributed by atoms with van der Waals surface area (Å²) in [7, 11) is 0. The molecule has 84 valence electrons. The molecular weight excluding hydrogens is 202 g/mol. The van der Waals surface area contributed by atoms with E-state index in [0.29, 0.717) is 0 Å². The van der Waals surface area contributed by atoms with Crippen LogP contribution in [0.15, 0.2) is 0 Å². The molecule has 0 N–H and O–H groups in total. The minimum Gasteiger partial charge on any atom is -0.335 e. The van der Waals surface area contributed by atoms with E-state index in [4.69, 9.17) is 21.1 Å². The van der Waals surface area contributed by atoms with Crippen molar-refractivity contribution in [2.45, 2.75) is 51.7 Å². The van der Waals surface area contributed by atoms with Gasteiger partial charge in [-0.3, -0.25) is 4.90 Å². The third kappa shape index (κ3) is 4.13. The molecule has 1 rings (SSSR count). The quantitative estimate of drug-likeness (QED) is 0.526. The highest BCUT2D eigenvalue weighted by Crippen LogP contribution is 2.14. The van der Waals surface area contributed by atoms with E-state index < -0.39 is 0 Å². The number of rotatable bonds is 5. The van der Waals surface area contributed by atoms with Gasteiger partial charge in [0.15, 0.2) is 6.29 Å². The molecule has 1 saturated heterocycles. The molecule has 0 aromatic heterocycles. The Labute approximate surface area is 91.3 Å². The Bertz CT molecular complexity index is 160. The lowest BCUT2D eigenvalue weighted by Gasteiger charge is -2.27. The average molecular weight is 222 g/mol. The maximum atomic E-state index is 5.70. The monoisotopic (exact) mass is 221 g/mol. The van der Waals surface area contributed by atoms with Crippen LogP contribution in [0.3, 0.4) is 0 Å². The molecule has 0 aromatic rings. The van der Waals surface area contributed by atoms with Crippen molar-refractivity contribution < 1.29 is 9.47 Å². The molecule has 1 aliphatic rings. The molecule has 14 heavy (non-hydrogen) atoms. The second-order valence-corrected chi connectivity index (χ2v) is 4.34. The summed E-state index contributed by atoms with van der Waals surface area (Å²) in [5, 5.41) is 0. The van der Waals surface area contributed by atoms with Gasteiger partial charge in [-0.05, 0) is 33.6 Å². The number of halogens is 1. The van der Waals surface area contributed by atoms with Gasteiger partial charge in [0, 0.05) is 13.1 Å². The van der Waals surface area contributed by atoms with E-state index in [-0.39, 0.29) is 18.1 Å². The SMILES string of the molecule is CC(Cl)OC(C)OC(C)N1CCCC1. The lowest BCUT2D eigenvalue weighted by atomic mass is 10.4. The van der Waals surface area contributed by atoms with Crippen LogP contribution in [-0.2, 0) is 9.47 Å². The molecule has 0 spiro atoms. The Balaban J connectivity index is 2.21. The second-order valence-electron chi connectivity index (χ2n) is 3.73. The van der Waals surface area contributed by atoms with Crippen molar-refractivity contribution in [2.24, 2.45) is 0 Å². The van der Waals surface area contributed by atoms with Crippen LogP contribution in [0.25, 0.3) is 0 Å². The van der Waals surface area contributed by atoms with Crippen molar-refractivity contribution in [3.05, 3.63) is 0 Å². The number of hydrogen-bond acceptors (Lipinski definition) is 3. The third-order valence-electron chi connectivity index (χ3n) is 2.42. The first kappa shape index (κ1) is 12.2. The van der Waals surface area contributed by atoms with Crippen LogP contribution < -0.4 is 0 Å². The molecule has 3 unspecified atom stereocenters. The van der Waals surface area contributed by atoms with Gasteiger partial charge in [0.1, 0.15) is 11.8 Å². The fourth-order valence-corrected chi connectivity index (χ4v) is 1.91. The molecule has 0 radical (unpaired) electrons. The topological polar surface area (TPSA) is 21.7 Å². The van der Waals surface area contributed by atoms with Crippen molar-refractivity contribution in [2.75, 3.05) is 13.1 Å². The number of ether oxygens (including phenoxy) is 2. The molecular formula is C10H20ClNO2. The van der Waals surface area contributed by atoms with E-state index in [9.17, 15) is 0 Å². The number of alkyl halides is 1. The van der Waals surface area contributed by atoms with Gasteiger partial charge in [-0.25, -0.2) is 0 Å². The Morgan fingerprint density at radius 2 is 1.64 bits per heavy atom. The van der Waals surface area contributed by atoms with Crippen molar-refractivity contribution in [3.8, 4) is 0 Å². The van der Waals surface area contributed by atoms with Gasteiger partial charge >= 0.3 is 0 Å². The van der Waals surface area contributed by atoms with Crippen LogP contribution in [0.1, 0.15) is 33.6 Å². The Kier molecular flexibility index (Phi) is 5.17. The zero-order valence-corrected chi connectivity index (χ0v) is 9.96. The maximum absolute atomic E-state index is 5.70. The van der Waals surface area contributed by atoms with E-state index in [0.717, 1.165) is 13.1 Å². The highest BCUT2D eigenvalue weighted by atomic mass is 35.5. The molecule has 1 aliphatic heterocycles. The summed E-state index contributed by atoms with van der Waals surface area (Å²) >= 11 is 5.70. The Morgan fingerprint density at radius 1 is 1.07 bits per heavy atom. The van der Waals surface area contributed by atoms with Crippen LogP contribution in [0.5, 0.6) is 0 Å². The van der Waals surface area contributed by atoms with Gasteiger partial charge < -0.3 is 9.47 Å². The average Bonchev–Trinajstić information content (AvgIpc) is 2.53. The fraction of sp³-hybridized carbons (Fsp3) is 1.00. The predicted molar refractivity (Wildman–Crippen MR) is 57.2 cm³/mol. The van der Waals surface area contributed by atoms with Crippen LogP contribution in [0, 0.1) is 0 Å². The highest BCUT2D eigenvalue weighted by molar-refractivity contribution is 6.19. The summed E-state index contributed by atoms with van der Waals surface area (Å²) in [6, 6.07) is 0. The summed E-state index contributed by atoms with van der Waals surface area (Å²) in [5.41, 5.74) is -0.296. The van der Waals surface area contributed by atoms with E-state index in [1.54, 1.807) is 6.92 Å². The minimum atomic E-state index is -0.296. The molecule has 1 fully saturated rings. The van der Waals surface area contributed by atoms with Gasteiger partial charge in [-0.1, -0.05) is 11.6 Å². The number of hydrogen-bond donors (Lipinski definition) is 0. The molecule has 0 amide bonds. The standard InChI is InChI=1S/C10H20ClNO2/c1-8(11)13-10(3)14-9(2)12-6-4-5-7-12/h8-10H,4-7H2,1-3H3. The molecule has 4 heteroatoms. The van der Waals surface area contributed by atoms with Crippen LogP contribution in [-0.4, -0.2) is 36.1 Å². The molecule has 0 aromatic carbocycles. The first-order valence-corrected chi connectivity index (χ1v) is 5.72. The third-order valence-corrected chi connectivity index (χ3v) is 2.53. The summed E-state index contributed by atoms with van der Waals surface area (Å²) in [6.07, 6.45) is 2.44. The van der Waals surface area contributed by atoms with E-state index in [1.165, 1.54) is 12.8 Å². The zero-order chi connectivity index (χ0) is 10.6. The van der Waals surface area contributed by atoms with Gasteiger partial charge in [-0.15, -0.1) is 0 Å². The fourth-order valence-electron chi connectivity index (χ4n) is 1.76. The van der Waals surface area contributed by atoms with Crippen molar-refractivity contribution in [1.82, 2.24) is 4.90 Å². The van der Waals surface area contributed by atoms with E-state index >= 15 is 0 Å². The van der Waals surface area contributed by atoms with Crippen molar-refractivity contribution in [1.29, 1.82) is 0 Å². The molecule has 0 aliphatic carbocycles. The number of likely N-dealkylation sites (tertiary alicyclic amines) is 1. The lowest BCUT2D eigenvalue weighted by molar-refractivity contribution is -0.193. The summed E-state index contributed by atoms with van der Waals surface area (Å²) in [6.45, 7) is 7.99. The maximum Gasteiger partial charge on any atom is 0.158 e. The van der Waals surface area contributed by atoms with Gasteiger partial charge in [0.25, 0.3) is 0 Å². The van der Waals surface area contributed by atoms with Gasteiger partial charge in [0.2, 0.25) is 0 Å². The van der Waals surface area contributed by atoms with Crippen LogP contribution >= 0.6 is 11.6 Å². The zero-order valence-electron chi connectivity index (χ0n) is 9.20. The van der Waals surface area contributed by atoms with Crippen LogP contribution in [0.4, 0.5) is 0 Å². The molecule has 0 bridgehead atoms. The first-order chi connectivity index (χ1) is 6.59.